The summed E-state index contributed by atoms with van der Waals surface area (Å²) in [4.78, 5) is -0.166. The van der Waals surface area contributed by atoms with Crippen molar-refractivity contribution in [2.45, 2.75) is 11.3 Å². The summed E-state index contributed by atoms with van der Waals surface area (Å²) < 4.78 is 66.1. The number of rotatable bonds is 4. The first-order valence-electron chi connectivity index (χ1n) is 5.70. The van der Waals surface area contributed by atoms with E-state index in [1.807, 2.05) is 0 Å². The molecule has 0 spiro atoms. The highest BCUT2D eigenvalue weighted by Gasteiger charge is 2.31. The molecule has 0 aliphatic rings. The van der Waals surface area contributed by atoms with E-state index in [4.69, 9.17) is 0 Å². The molecule has 0 saturated carbocycles. The van der Waals surface area contributed by atoms with Gasteiger partial charge < -0.3 is 4.74 Å². The second kappa shape index (κ2) is 5.65. The molecule has 0 atom stereocenters. The van der Waals surface area contributed by atoms with Gasteiger partial charge in [-0.3, -0.25) is 4.72 Å². The third-order valence-electron chi connectivity index (χ3n) is 2.39. The van der Waals surface area contributed by atoms with Crippen LogP contribution in [0.5, 0.6) is 5.75 Å². The van der Waals surface area contributed by atoms with E-state index in [2.05, 4.69) is 9.46 Å². The lowest BCUT2D eigenvalue weighted by Crippen LogP contribution is -2.17. The fraction of sp³-hybridized carbons (Fsp3) is 0.0769. The van der Waals surface area contributed by atoms with E-state index in [0.29, 0.717) is 5.69 Å². The van der Waals surface area contributed by atoms with E-state index < -0.39 is 22.1 Å². The Hall–Kier alpha value is -2.22. The number of para-hydroxylation sites is 1. The number of anilines is 1. The van der Waals surface area contributed by atoms with Gasteiger partial charge in [0.1, 0.15) is 5.75 Å². The number of benzene rings is 2. The van der Waals surface area contributed by atoms with Gasteiger partial charge in [-0.25, -0.2) is 8.42 Å². The van der Waals surface area contributed by atoms with Crippen LogP contribution in [0.1, 0.15) is 0 Å². The number of hydrogen-bond donors (Lipinski definition) is 1. The summed E-state index contributed by atoms with van der Waals surface area (Å²) in [6.45, 7) is 0. The van der Waals surface area contributed by atoms with Gasteiger partial charge in [0.2, 0.25) is 0 Å². The average Bonchev–Trinajstić information content (AvgIpc) is 2.38. The zero-order valence-electron chi connectivity index (χ0n) is 10.5. The molecule has 1 N–H and O–H groups in total. The van der Waals surface area contributed by atoms with Crippen LogP contribution in [0.25, 0.3) is 0 Å². The molecule has 0 amide bonds. The van der Waals surface area contributed by atoms with E-state index >= 15 is 0 Å². The van der Waals surface area contributed by atoms with Crippen molar-refractivity contribution in [3.63, 3.8) is 0 Å². The van der Waals surface area contributed by atoms with Gasteiger partial charge in [-0.2, -0.15) is 0 Å². The van der Waals surface area contributed by atoms with E-state index in [1.165, 1.54) is 0 Å². The van der Waals surface area contributed by atoms with Crippen LogP contribution < -0.4 is 9.46 Å². The van der Waals surface area contributed by atoms with Crippen molar-refractivity contribution in [1.29, 1.82) is 0 Å². The Bertz CT molecular complexity index is 698. The quantitative estimate of drug-likeness (QED) is 0.940. The van der Waals surface area contributed by atoms with Crippen molar-refractivity contribution in [1.82, 2.24) is 0 Å². The Morgan fingerprint density at radius 3 is 2.00 bits per heavy atom. The summed E-state index contributed by atoms with van der Waals surface area (Å²) in [7, 11) is -3.86. The van der Waals surface area contributed by atoms with E-state index in [9.17, 15) is 21.6 Å². The van der Waals surface area contributed by atoms with Crippen molar-refractivity contribution in [3.8, 4) is 5.75 Å². The number of ether oxygens (including phenoxy) is 1. The summed E-state index contributed by atoms with van der Waals surface area (Å²) >= 11 is 0. The van der Waals surface area contributed by atoms with Crippen molar-refractivity contribution < 1.29 is 26.3 Å². The molecule has 0 heterocycles. The van der Waals surface area contributed by atoms with Gasteiger partial charge in [-0.1, -0.05) is 18.2 Å². The molecule has 8 heteroatoms. The molecule has 2 rings (SSSR count). The first kappa shape index (κ1) is 15.2. The van der Waals surface area contributed by atoms with Crippen LogP contribution >= 0.6 is 0 Å². The third-order valence-corrected chi connectivity index (χ3v) is 3.79. The van der Waals surface area contributed by atoms with Crippen LogP contribution in [0.3, 0.4) is 0 Å². The smallest absolute Gasteiger partial charge is 0.406 e. The predicted molar refractivity (Wildman–Crippen MR) is 70.4 cm³/mol. The normalized spacial score (nSPS) is 12.0. The number of sulfonamides is 1. The molecule has 4 nitrogen and oxygen atoms in total. The second-order valence-electron chi connectivity index (χ2n) is 3.99. The molecule has 0 aromatic heterocycles. The van der Waals surface area contributed by atoms with Crippen LogP contribution in [0, 0.1) is 0 Å². The SMILES string of the molecule is O=S(=O)(Nc1ccccc1)c1ccc(OC(F)(F)F)cc1. The molecule has 0 aliphatic carbocycles. The predicted octanol–water partition coefficient (Wildman–Crippen LogP) is 3.39. The summed E-state index contributed by atoms with van der Waals surface area (Å²) in [5.74, 6) is -0.485. The van der Waals surface area contributed by atoms with Gasteiger partial charge >= 0.3 is 6.36 Å². The number of halogens is 3. The molecule has 2 aromatic carbocycles. The fourth-order valence-corrected chi connectivity index (χ4v) is 2.60. The largest absolute Gasteiger partial charge is 0.573 e. The molecule has 0 radical (unpaired) electrons. The fourth-order valence-electron chi connectivity index (χ4n) is 1.54. The lowest BCUT2D eigenvalue weighted by molar-refractivity contribution is -0.274. The molecule has 0 unspecified atom stereocenters. The van der Waals surface area contributed by atoms with Gasteiger partial charge in [-0.05, 0) is 36.4 Å². The molecule has 0 bridgehead atoms. The van der Waals surface area contributed by atoms with Crippen molar-refractivity contribution in [3.05, 3.63) is 54.6 Å². The topological polar surface area (TPSA) is 55.4 Å². The number of hydrogen-bond acceptors (Lipinski definition) is 3. The molecular formula is C13H10F3NO3S. The van der Waals surface area contributed by atoms with Crippen molar-refractivity contribution in [2.24, 2.45) is 0 Å². The third kappa shape index (κ3) is 4.38. The van der Waals surface area contributed by atoms with Crippen molar-refractivity contribution in [2.75, 3.05) is 4.72 Å². The van der Waals surface area contributed by atoms with Crippen LogP contribution in [-0.2, 0) is 10.0 Å². The van der Waals surface area contributed by atoms with E-state index in [0.717, 1.165) is 24.3 Å². The summed E-state index contributed by atoms with van der Waals surface area (Å²) in [6, 6.07) is 12.1. The summed E-state index contributed by atoms with van der Waals surface area (Å²) in [6.07, 6.45) is -4.82. The first-order chi connectivity index (χ1) is 9.76. The summed E-state index contributed by atoms with van der Waals surface area (Å²) in [5.41, 5.74) is 0.355. The maximum absolute atomic E-state index is 12.0. The minimum atomic E-state index is -4.82. The maximum Gasteiger partial charge on any atom is 0.573 e. The van der Waals surface area contributed by atoms with Gasteiger partial charge in [-0.15, -0.1) is 13.2 Å². The highest BCUT2D eigenvalue weighted by molar-refractivity contribution is 7.92. The van der Waals surface area contributed by atoms with Gasteiger partial charge in [0.05, 0.1) is 4.90 Å². The minimum absolute atomic E-state index is 0.166. The molecule has 0 aliphatic heterocycles. The zero-order valence-corrected chi connectivity index (χ0v) is 11.3. The molecule has 0 saturated heterocycles. The second-order valence-corrected chi connectivity index (χ2v) is 5.67. The van der Waals surface area contributed by atoms with Crippen LogP contribution in [0.15, 0.2) is 59.5 Å². The molecular weight excluding hydrogens is 307 g/mol. The van der Waals surface area contributed by atoms with Crippen LogP contribution in [-0.4, -0.2) is 14.8 Å². The Labute approximate surface area is 119 Å². The molecule has 0 fully saturated rings. The average molecular weight is 317 g/mol. The lowest BCUT2D eigenvalue weighted by atomic mass is 10.3. The molecule has 112 valence electrons. The number of alkyl halides is 3. The monoisotopic (exact) mass is 317 g/mol. The standard InChI is InChI=1S/C13H10F3NO3S/c14-13(15,16)20-11-6-8-12(9-7-11)21(18,19)17-10-4-2-1-3-5-10/h1-9,17H. The Morgan fingerprint density at radius 1 is 0.905 bits per heavy atom. The van der Waals surface area contributed by atoms with Gasteiger partial charge in [0.15, 0.2) is 0 Å². The van der Waals surface area contributed by atoms with Crippen LogP contribution in [0.4, 0.5) is 18.9 Å². The minimum Gasteiger partial charge on any atom is -0.406 e. The molecule has 2 aromatic rings. The van der Waals surface area contributed by atoms with E-state index in [1.54, 1.807) is 30.3 Å². The Balaban J connectivity index is 2.18. The van der Waals surface area contributed by atoms with Crippen LogP contribution in [0.2, 0.25) is 0 Å². The molecule has 21 heavy (non-hydrogen) atoms. The van der Waals surface area contributed by atoms with Crippen molar-refractivity contribution >= 4 is 15.7 Å². The van der Waals surface area contributed by atoms with Gasteiger partial charge in [0, 0.05) is 5.69 Å². The van der Waals surface area contributed by atoms with E-state index in [-0.39, 0.29) is 4.90 Å². The van der Waals surface area contributed by atoms with Gasteiger partial charge in [0.25, 0.3) is 10.0 Å². The highest BCUT2D eigenvalue weighted by Crippen LogP contribution is 2.24. The Kier molecular flexibility index (Phi) is 4.08. The number of nitrogens with one attached hydrogen (secondary N) is 1. The maximum atomic E-state index is 12.0. The Morgan fingerprint density at radius 2 is 1.48 bits per heavy atom. The highest BCUT2D eigenvalue weighted by atomic mass is 32.2. The summed E-state index contributed by atoms with van der Waals surface area (Å²) in [5, 5.41) is 0. The first-order valence-corrected chi connectivity index (χ1v) is 7.18. The zero-order chi connectivity index (χ0) is 15.5. The lowest BCUT2D eigenvalue weighted by Gasteiger charge is -2.10.